The highest BCUT2D eigenvalue weighted by Crippen LogP contribution is 2.25. The normalized spacial score (nSPS) is 17.9. The van der Waals surface area contributed by atoms with Crippen molar-refractivity contribution in [3.8, 4) is 5.75 Å². The van der Waals surface area contributed by atoms with Crippen LogP contribution in [0.4, 0.5) is 5.82 Å². The van der Waals surface area contributed by atoms with E-state index in [2.05, 4.69) is 25.6 Å². The molecule has 2 bridgehead atoms. The molecule has 2 aromatic carbocycles. The van der Waals surface area contributed by atoms with Crippen LogP contribution in [-0.2, 0) is 9.59 Å². The average Bonchev–Trinajstić information content (AvgIpc) is 2.71. The first kappa shape index (κ1) is 17.3. The Labute approximate surface area is 159 Å². The summed E-state index contributed by atoms with van der Waals surface area (Å²) in [6.07, 6.45) is 5.47. The lowest BCUT2D eigenvalue weighted by molar-refractivity contribution is -0.122. The van der Waals surface area contributed by atoms with Gasteiger partial charge in [-0.25, -0.2) is 15.0 Å². The zero-order chi connectivity index (χ0) is 19.3. The fraction of sp³-hybridized carbons (Fsp3) is 0.0500. The highest BCUT2D eigenvalue weighted by atomic mass is 16.5. The van der Waals surface area contributed by atoms with E-state index in [-0.39, 0.29) is 12.5 Å². The second kappa shape index (κ2) is 7.67. The summed E-state index contributed by atoms with van der Waals surface area (Å²) in [5.41, 5.74) is 0.698. The molecule has 0 atom stereocenters. The van der Waals surface area contributed by atoms with E-state index in [1.807, 2.05) is 24.3 Å². The molecule has 0 saturated carbocycles. The maximum Gasteiger partial charge on any atom is 0.261 e. The molecule has 1 aliphatic rings. The quantitative estimate of drug-likeness (QED) is 0.596. The number of nitrogens with zero attached hydrogens (tertiary/aromatic N) is 3. The van der Waals surface area contributed by atoms with Crippen LogP contribution in [0.2, 0.25) is 0 Å². The van der Waals surface area contributed by atoms with Crippen LogP contribution in [0.5, 0.6) is 5.75 Å². The van der Waals surface area contributed by atoms with Crippen LogP contribution < -0.4 is 25.9 Å². The Bertz CT molecular complexity index is 1220. The van der Waals surface area contributed by atoms with Crippen LogP contribution in [0.25, 0.3) is 17.1 Å². The summed E-state index contributed by atoms with van der Waals surface area (Å²) in [6.45, 7) is -0.202. The van der Waals surface area contributed by atoms with E-state index in [1.165, 1.54) is 18.6 Å². The summed E-state index contributed by atoms with van der Waals surface area (Å²) in [6, 6.07) is 12.6. The Morgan fingerprint density at radius 3 is 2.82 bits per heavy atom. The maximum atomic E-state index is 11.9. The number of fused-ring (bicyclic) bond motifs is 2. The molecule has 0 radical (unpaired) electrons. The molecule has 28 heavy (non-hydrogen) atoms. The van der Waals surface area contributed by atoms with Gasteiger partial charge in [-0.15, -0.1) is 0 Å². The fourth-order valence-corrected chi connectivity index (χ4v) is 2.62. The number of benzene rings is 2. The number of amides is 2. The highest BCUT2D eigenvalue weighted by Gasteiger charge is 2.07. The van der Waals surface area contributed by atoms with E-state index in [4.69, 9.17) is 4.74 Å². The number of carbonyl (C=O) groups is 2. The van der Waals surface area contributed by atoms with E-state index in [0.717, 1.165) is 0 Å². The van der Waals surface area contributed by atoms with Gasteiger partial charge >= 0.3 is 0 Å². The van der Waals surface area contributed by atoms with Crippen molar-refractivity contribution in [2.24, 2.45) is 4.99 Å². The molecule has 2 amide bonds. The molecule has 0 aliphatic carbocycles. The predicted molar refractivity (Wildman–Crippen MR) is 102 cm³/mol. The lowest BCUT2D eigenvalue weighted by atomic mass is 10.2. The minimum Gasteiger partial charge on any atom is -0.484 e. The van der Waals surface area contributed by atoms with Crippen molar-refractivity contribution in [3.05, 3.63) is 71.6 Å². The Morgan fingerprint density at radius 2 is 1.89 bits per heavy atom. The summed E-state index contributed by atoms with van der Waals surface area (Å²) < 4.78 is 5.53. The zero-order valence-corrected chi connectivity index (χ0v) is 14.6. The monoisotopic (exact) mass is 373 g/mol. The second-order valence-electron chi connectivity index (χ2n) is 5.89. The Morgan fingerprint density at radius 1 is 1.00 bits per heavy atom. The Kier molecular flexibility index (Phi) is 4.75. The minimum absolute atomic E-state index is 0.202. The molecule has 0 unspecified atom stereocenters. The molecule has 4 rings (SSSR count). The summed E-state index contributed by atoms with van der Waals surface area (Å²) in [4.78, 5) is 36.9. The van der Waals surface area contributed by atoms with Gasteiger partial charge in [0.15, 0.2) is 12.4 Å². The summed E-state index contributed by atoms with van der Waals surface area (Å²) >= 11 is 0. The average molecular weight is 373 g/mol. The molecule has 0 spiro atoms. The SMILES string of the molecule is O=C1/C=C\NC(=O)COc2ccc3ncnc(c3c2)/N=c2/cccc/c2=C/N1. The third kappa shape index (κ3) is 3.85. The maximum absolute atomic E-state index is 11.9. The van der Waals surface area contributed by atoms with Crippen LogP contribution in [0.15, 0.2) is 66.1 Å². The van der Waals surface area contributed by atoms with Gasteiger partial charge in [-0.2, -0.15) is 0 Å². The molecule has 2 heterocycles. The van der Waals surface area contributed by atoms with E-state index >= 15 is 0 Å². The molecule has 3 aromatic rings. The predicted octanol–water partition coefficient (Wildman–Crippen LogP) is 0.458. The van der Waals surface area contributed by atoms with Crippen LogP contribution in [0, 0.1) is 0 Å². The molecular weight excluding hydrogens is 358 g/mol. The van der Waals surface area contributed by atoms with Gasteiger partial charge in [-0.1, -0.05) is 18.2 Å². The fourth-order valence-electron chi connectivity index (χ4n) is 2.62. The third-order valence-corrected chi connectivity index (χ3v) is 3.97. The van der Waals surface area contributed by atoms with Crippen molar-refractivity contribution in [2.45, 2.75) is 0 Å². The van der Waals surface area contributed by atoms with Crippen LogP contribution in [0.1, 0.15) is 0 Å². The number of ether oxygens (including phenoxy) is 1. The van der Waals surface area contributed by atoms with Crippen LogP contribution >= 0.6 is 0 Å². The number of para-hydroxylation sites is 1. The summed E-state index contributed by atoms with van der Waals surface area (Å²) in [7, 11) is 0. The van der Waals surface area contributed by atoms with Crippen molar-refractivity contribution in [3.63, 3.8) is 0 Å². The van der Waals surface area contributed by atoms with Gasteiger partial charge in [0.05, 0.1) is 10.9 Å². The molecule has 0 saturated heterocycles. The standard InChI is InChI=1S/C20H15N5O3/c26-18-7-8-21-19(27)11-28-14-5-6-17-15(9-14)20(24-12-23-17)25-16-4-2-1-3-13(16)10-22-18/h1-10,12H,11H2,(H,21,27)(H,22,26)/b8-7-,13-10-,25-16-. The van der Waals surface area contributed by atoms with Gasteiger partial charge in [0.2, 0.25) is 5.91 Å². The molecular formula is C20H15N5O3. The van der Waals surface area contributed by atoms with Crippen LogP contribution in [-0.4, -0.2) is 28.4 Å². The molecule has 138 valence electrons. The van der Waals surface area contributed by atoms with Gasteiger partial charge in [-0.05, 0) is 24.3 Å². The molecule has 8 heteroatoms. The lowest BCUT2D eigenvalue weighted by Crippen LogP contribution is -2.29. The van der Waals surface area contributed by atoms with Crippen molar-refractivity contribution in [2.75, 3.05) is 6.61 Å². The number of carbonyl (C=O) groups excluding carboxylic acids is 2. The van der Waals surface area contributed by atoms with Gasteiger partial charge in [0.1, 0.15) is 12.1 Å². The Hall–Kier alpha value is -4.07. The molecule has 8 nitrogen and oxygen atoms in total. The summed E-state index contributed by atoms with van der Waals surface area (Å²) in [5.74, 6) is 0.166. The van der Waals surface area contributed by atoms with Crippen molar-refractivity contribution in [1.29, 1.82) is 0 Å². The summed E-state index contributed by atoms with van der Waals surface area (Å²) in [5, 5.41) is 7.15. The number of hydrogen-bond donors (Lipinski definition) is 2. The number of nitrogens with one attached hydrogen (secondary N) is 2. The topological polar surface area (TPSA) is 106 Å². The number of rotatable bonds is 0. The van der Waals surface area contributed by atoms with E-state index in [9.17, 15) is 9.59 Å². The largest absolute Gasteiger partial charge is 0.484 e. The molecule has 2 N–H and O–H groups in total. The second-order valence-corrected chi connectivity index (χ2v) is 5.89. The lowest BCUT2D eigenvalue weighted by Gasteiger charge is -2.07. The first-order chi connectivity index (χ1) is 13.7. The van der Waals surface area contributed by atoms with Gasteiger partial charge in [-0.3, -0.25) is 9.59 Å². The zero-order valence-electron chi connectivity index (χ0n) is 14.6. The minimum atomic E-state index is -0.391. The molecule has 1 aromatic heterocycles. The van der Waals surface area contributed by atoms with Crippen LogP contribution in [0.3, 0.4) is 0 Å². The van der Waals surface area contributed by atoms with Gasteiger partial charge in [0, 0.05) is 29.1 Å². The van der Waals surface area contributed by atoms with E-state index in [0.29, 0.717) is 33.0 Å². The molecule has 1 aliphatic heterocycles. The third-order valence-electron chi connectivity index (χ3n) is 3.97. The number of hydrogen-bond acceptors (Lipinski definition) is 6. The first-order valence-electron chi connectivity index (χ1n) is 8.47. The highest BCUT2D eigenvalue weighted by molar-refractivity contribution is 5.91. The Balaban J connectivity index is 1.92. The number of aromatic nitrogens is 2. The first-order valence-corrected chi connectivity index (χ1v) is 8.47. The van der Waals surface area contributed by atoms with Crippen molar-refractivity contribution < 1.29 is 14.3 Å². The molecule has 0 fully saturated rings. The van der Waals surface area contributed by atoms with Crippen molar-refractivity contribution in [1.82, 2.24) is 20.6 Å². The van der Waals surface area contributed by atoms with Gasteiger partial charge in [0.25, 0.3) is 5.91 Å². The van der Waals surface area contributed by atoms with E-state index in [1.54, 1.807) is 24.4 Å². The van der Waals surface area contributed by atoms with E-state index < -0.39 is 5.91 Å². The van der Waals surface area contributed by atoms with Gasteiger partial charge < -0.3 is 15.4 Å². The van der Waals surface area contributed by atoms with Crippen molar-refractivity contribution >= 4 is 34.7 Å². The smallest absolute Gasteiger partial charge is 0.261 e.